The van der Waals surface area contributed by atoms with Gasteiger partial charge in [-0.3, -0.25) is 0 Å². The summed E-state index contributed by atoms with van der Waals surface area (Å²) in [6, 6.07) is 7.24. The summed E-state index contributed by atoms with van der Waals surface area (Å²) in [5.74, 6) is -0.265. The third-order valence-corrected chi connectivity index (χ3v) is 3.83. The third kappa shape index (κ3) is 4.78. The summed E-state index contributed by atoms with van der Waals surface area (Å²) in [6.07, 6.45) is -0.145. The molecule has 0 spiro atoms. The van der Waals surface area contributed by atoms with Gasteiger partial charge in [0, 0.05) is 5.75 Å². The van der Waals surface area contributed by atoms with Crippen LogP contribution in [0.1, 0.15) is 11.1 Å². The van der Waals surface area contributed by atoms with Gasteiger partial charge in [0.25, 0.3) is 0 Å². The van der Waals surface area contributed by atoms with Crippen LogP contribution in [-0.2, 0) is 15.6 Å². The average Bonchev–Trinajstić information content (AvgIpc) is 2.19. The van der Waals surface area contributed by atoms with E-state index >= 15 is 0 Å². The van der Waals surface area contributed by atoms with E-state index in [0.717, 1.165) is 11.1 Å². The molecule has 16 heavy (non-hydrogen) atoms. The van der Waals surface area contributed by atoms with Gasteiger partial charge in [0.05, 0.1) is 5.75 Å². The molecule has 0 saturated heterocycles. The lowest BCUT2D eigenvalue weighted by atomic mass is 9.88. The van der Waals surface area contributed by atoms with E-state index in [4.69, 9.17) is 10.0 Å². The second kappa shape index (κ2) is 5.47. The van der Waals surface area contributed by atoms with E-state index < -0.39 is 17.0 Å². The molecular weight excluding hydrogens is 227 g/mol. The van der Waals surface area contributed by atoms with E-state index in [1.807, 2.05) is 19.1 Å². The van der Waals surface area contributed by atoms with Gasteiger partial charge < -0.3 is 10.0 Å². The van der Waals surface area contributed by atoms with Crippen LogP contribution in [0.2, 0.25) is 6.32 Å². The Morgan fingerprint density at radius 3 is 2.25 bits per heavy atom. The Kier molecular flexibility index (Phi) is 4.52. The fourth-order valence-electron chi connectivity index (χ4n) is 1.30. The summed E-state index contributed by atoms with van der Waals surface area (Å²) in [7, 11) is -4.82. The van der Waals surface area contributed by atoms with Gasteiger partial charge >= 0.3 is 7.12 Å². The van der Waals surface area contributed by atoms with Crippen molar-refractivity contribution in [3.8, 4) is 0 Å². The Balaban J connectivity index is 2.62. The van der Waals surface area contributed by atoms with Gasteiger partial charge in [-0.2, -0.15) is 0 Å². The van der Waals surface area contributed by atoms with Crippen molar-refractivity contribution in [2.45, 2.75) is 19.0 Å². The van der Waals surface area contributed by atoms with Crippen molar-refractivity contribution < 1.29 is 18.5 Å². The molecule has 0 aliphatic rings. The van der Waals surface area contributed by atoms with Gasteiger partial charge in [-0.05, 0) is 18.8 Å². The van der Waals surface area contributed by atoms with Gasteiger partial charge in [-0.25, -0.2) is 8.42 Å². The summed E-state index contributed by atoms with van der Waals surface area (Å²) in [5, 5.41) is 17.2. The van der Waals surface area contributed by atoms with Gasteiger partial charge in [-0.1, -0.05) is 29.8 Å². The highest BCUT2D eigenvalue weighted by atomic mass is 32.2. The average molecular weight is 242 g/mol. The van der Waals surface area contributed by atoms with Crippen LogP contribution in [0.25, 0.3) is 0 Å². The van der Waals surface area contributed by atoms with Crippen molar-refractivity contribution in [3.63, 3.8) is 0 Å². The van der Waals surface area contributed by atoms with E-state index in [9.17, 15) is 8.42 Å². The SMILES string of the molecule is Cc1ccc(CS(=O)(=O)CCB(O)O)cc1. The van der Waals surface area contributed by atoms with Crippen molar-refractivity contribution in [1.29, 1.82) is 0 Å². The fourth-order valence-corrected chi connectivity index (χ4v) is 2.71. The maximum Gasteiger partial charge on any atom is 0.452 e. The number of hydrogen-bond donors (Lipinski definition) is 2. The summed E-state index contributed by atoms with van der Waals surface area (Å²) in [6.45, 7) is 1.93. The predicted octanol–water partition coefficient (Wildman–Crippen LogP) is 0.383. The number of sulfone groups is 1. The maximum absolute atomic E-state index is 11.6. The molecular formula is C10H15BO4S. The molecule has 6 heteroatoms. The Hall–Kier alpha value is -0.845. The van der Waals surface area contributed by atoms with E-state index in [1.54, 1.807) is 12.1 Å². The number of benzene rings is 1. The molecule has 88 valence electrons. The van der Waals surface area contributed by atoms with E-state index in [1.165, 1.54) is 0 Å². The predicted molar refractivity (Wildman–Crippen MR) is 63.7 cm³/mol. The topological polar surface area (TPSA) is 74.6 Å². The monoisotopic (exact) mass is 242 g/mol. The Bertz CT molecular complexity index is 425. The summed E-state index contributed by atoms with van der Waals surface area (Å²) in [4.78, 5) is 0. The number of hydrogen-bond acceptors (Lipinski definition) is 4. The highest BCUT2D eigenvalue weighted by molar-refractivity contribution is 7.90. The van der Waals surface area contributed by atoms with Crippen LogP contribution < -0.4 is 0 Å². The van der Waals surface area contributed by atoms with E-state index in [0.29, 0.717) is 0 Å². The Morgan fingerprint density at radius 1 is 1.19 bits per heavy atom. The van der Waals surface area contributed by atoms with Crippen LogP contribution in [0.15, 0.2) is 24.3 Å². The van der Waals surface area contributed by atoms with Crippen molar-refractivity contribution in [2.75, 3.05) is 5.75 Å². The van der Waals surface area contributed by atoms with Crippen LogP contribution in [0.4, 0.5) is 0 Å². The lowest BCUT2D eigenvalue weighted by Gasteiger charge is -2.04. The first-order chi connectivity index (χ1) is 7.39. The fraction of sp³-hybridized carbons (Fsp3) is 0.400. The Morgan fingerprint density at radius 2 is 1.75 bits per heavy atom. The molecule has 4 nitrogen and oxygen atoms in total. The van der Waals surface area contributed by atoms with Crippen LogP contribution in [0.3, 0.4) is 0 Å². The van der Waals surface area contributed by atoms with Crippen LogP contribution in [-0.4, -0.2) is 31.3 Å². The zero-order chi connectivity index (χ0) is 12.2. The number of aryl methyl sites for hydroxylation is 1. The van der Waals surface area contributed by atoms with E-state index in [2.05, 4.69) is 0 Å². The van der Waals surface area contributed by atoms with E-state index in [-0.39, 0.29) is 17.8 Å². The van der Waals surface area contributed by atoms with Crippen molar-refractivity contribution >= 4 is 17.0 Å². The number of rotatable bonds is 5. The first-order valence-electron chi connectivity index (χ1n) is 5.01. The van der Waals surface area contributed by atoms with Crippen molar-refractivity contribution in [3.05, 3.63) is 35.4 Å². The quantitative estimate of drug-likeness (QED) is 0.732. The maximum atomic E-state index is 11.6. The summed E-state index contributed by atoms with van der Waals surface area (Å²) in [5.41, 5.74) is 1.80. The first kappa shape index (κ1) is 13.2. The molecule has 0 aliphatic heterocycles. The highest BCUT2D eigenvalue weighted by Crippen LogP contribution is 2.09. The smallest absolute Gasteiger partial charge is 0.427 e. The summed E-state index contributed by atoms with van der Waals surface area (Å²) >= 11 is 0. The normalized spacial score (nSPS) is 11.4. The molecule has 0 saturated carbocycles. The molecule has 1 aromatic rings. The second-order valence-corrected chi connectivity index (χ2v) is 6.03. The molecule has 0 unspecified atom stereocenters. The third-order valence-electron chi connectivity index (χ3n) is 2.19. The van der Waals surface area contributed by atoms with Gasteiger partial charge in [0.2, 0.25) is 0 Å². The van der Waals surface area contributed by atoms with Crippen molar-refractivity contribution in [2.24, 2.45) is 0 Å². The minimum Gasteiger partial charge on any atom is -0.427 e. The molecule has 0 aromatic heterocycles. The van der Waals surface area contributed by atoms with Gasteiger partial charge in [-0.15, -0.1) is 0 Å². The summed E-state index contributed by atoms with van der Waals surface area (Å²) < 4.78 is 23.1. The zero-order valence-corrected chi connectivity index (χ0v) is 9.94. The minimum atomic E-state index is -3.26. The molecule has 0 radical (unpaired) electrons. The Labute approximate surface area is 96.0 Å². The standard InChI is InChI=1S/C10H15BO4S/c1-9-2-4-10(5-3-9)8-16(14,15)7-6-11(12)13/h2-5,12-13H,6-8H2,1H3. The molecule has 0 atom stereocenters. The molecule has 0 amide bonds. The van der Waals surface area contributed by atoms with Crippen molar-refractivity contribution in [1.82, 2.24) is 0 Å². The first-order valence-corrected chi connectivity index (χ1v) is 6.83. The molecule has 1 aromatic carbocycles. The minimum absolute atomic E-state index is 0.0556. The highest BCUT2D eigenvalue weighted by Gasteiger charge is 2.16. The van der Waals surface area contributed by atoms with Gasteiger partial charge in [0.15, 0.2) is 9.84 Å². The zero-order valence-electron chi connectivity index (χ0n) is 9.13. The lowest BCUT2D eigenvalue weighted by Crippen LogP contribution is -2.18. The van der Waals surface area contributed by atoms with Crippen LogP contribution in [0.5, 0.6) is 0 Å². The molecule has 0 heterocycles. The molecule has 2 N–H and O–H groups in total. The van der Waals surface area contributed by atoms with Crippen LogP contribution in [0, 0.1) is 6.92 Å². The lowest BCUT2D eigenvalue weighted by molar-refractivity contribution is 0.408. The molecule has 0 fully saturated rings. The molecule has 0 bridgehead atoms. The second-order valence-electron chi connectivity index (χ2n) is 3.85. The van der Waals surface area contributed by atoms with Crippen LogP contribution >= 0.6 is 0 Å². The van der Waals surface area contributed by atoms with Gasteiger partial charge in [0.1, 0.15) is 0 Å². The largest absolute Gasteiger partial charge is 0.452 e. The molecule has 1 rings (SSSR count). The molecule has 0 aliphatic carbocycles.